The molecule has 1 aromatic carbocycles. The average Bonchev–Trinajstić information content (AvgIpc) is 2.45. The summed E-state index contributed by atoms with van der Waals surface area (Å²) >= 11 is 0. The molecule has 0 aliphatic carbocycles. The maximum absolute atomic E-state index is 13.5. The molecule has 1 aromatic rings. The molecule has 1 rings (SSSR count). The summed E-state index contributed by atoms with van der Waals surface area (Å²) in [6.45, 7) is 6.36. The Labute approximate surface area is 121 Å². The molecule has 0 saturated heterocycles. The van der Waals surface area contributed by atoms with Crippen molar-refractivity contribution in [3.05, 3.63) is 29.6 Å². The number of ether oxygens (including phenoxy) is 1. The topological polar surface area (TPSA) is 38.5 Å². The van der Waals surface area contributed by atoms with Crippen LogP contribution in [0.15, 0.2) is 18.2 Å². The minimum absolute atomic E-state index is 0.201. The molecule has 0 aliphatic rings. The van der Waals surface area contributed by atoms with Crippen LogP contribution in [0.4, 0.5) is 10.1 Å². The van der Waals surface area contributed by atoms with Gasteiger partial charge in [0.25, 0.3) is 0 Å². The van der Waals surface area contributed by atoms with Crippen molar-refractivity contribution in [3.8, 4) is 0 Å². The molecule has 0 amide bonds. The van der Waals surface area contributed by atoms with Gasteiger partial charge >= 0.3 is 0 Å². The Morgan fingerprint density at radius 2 is 2.00 bits per heavy atom. The SMILES string of the molecule is CCC(CC)N(CCOC)c1ccc(F)cc1CCN. The highest BCUT2D eigenvalue weighted by Gasteiger charge is 2.18. The monoisotopic (exact) mass is 282 g/mol. The van der Waals surface area contributed by atoms with E-state index in [1.54, 1.807) is 13.2 Å². The summed E-state index contributed by atoms with van der Waals surface area (Å²) in [5.41, 5.74) is 7.72. The average molecular weight is 282 g/mol. The lowest BCUT2D eigenvalue weighted by molar-refractivity contribution is 0.202. The van der Waals surface area contributed by atoms with Crippen molar-refractivity contribution in [2.75, 3.05) is 31.7 Å². The third kappa shape index (κ3) is 4.46. The number of hydrogen-bond acceptors (Lipinski definition) is 3. The first kappa shape index (κ1) is 16.9. The third-order valence-electron chi connectivity index (χ3n) is 3.68. The lowest BCUT2D eigenvalue weighted by Gasteiger charge is -2.34. The van der Waals surface area contributed by atoms with E-state index >= 15 is 0 Å². The summed E-state index contributed by atoms with van der Waals surface area (Å²) in [6, 6.07) is 5.43. The smallest absolute Gasteiger partial charge is 0.123 e. The molecule has 3 nitrogen and oxygen atoms in total. The second kappa shape index (κ2) is 8.93. The number of benzene rings is 1. The van der Waals surface area contributed by atoms with Crippen LogP contribution in [0, 0.1) is 5.82 Å². The molecule has 0 fully saturated rings. The van der Waals surface area contributed by atoms with Crippen molar-refractivity contribution in [1.82, 2.24) is 0 Å². The van der Waals surface area contributed by atoms with Gasteiger partial charge in [0.1, 0.15) is 5.82 Å². The van der Waals surface area contributed by atoms with Gasteiger partial charge in [0.15, 0.2) is 0 Å². The first-order valence-electron chi connectivity index (χ1n) is 7.41. The molecule has 0 atom stereocenters. The van der Waals surface area contributed by atoms with Gasteiger partial charge in [-0.05, 0) is 49.6 Å². The van der Waals surface area contributed by atoms with Crippen molar-refractivity contribution in [2.24, 2.45) is 5.73 Å². The molecule has 0 aliphatic heterocycles. The zero-order chi connectivity index (χ0) is 15.0. The van der Waals surface area contributed by atoms with E-state index in [4.69, 9.17) is 10.5 Å². The minimum atomic E-state index is -0.201. The Morgan fingerprint density at radius 3 is 2.55 bits per heavy atom. The Hall–Kier alpha value is -1.13. The highest BCUT2D eigenvalue weighted by Crippen LogP contribution is 2.26. The molecule has 0 aromatic heterocycles. The number of halogens is 1. The number of methoxy groups -OCH3 is 1. The molecular weight excluding hydrogens is 255 g/mol. The van der Waals surface area contributed by atoms with Gasteiger partial charge in [-0.2, -0.15) is 0 Å². The number of anilines is 1. The van der Waals surface area contributed by atoms with Crippen LogP contribution in [0.25, 0.3) is 0 Å². The molecule has 4 heteroatoms. The standard InChI is InChI=1S/C16H27FN2O/c1-4-15(5-2)19(10-11-20-3)16-7-6-14(17)12-13(16)8-9-18/h6-7,12,15H,4-5,8-11,18H2,1-3H3. The normalized spacial score (nSPS) is 11.1. The molecule has 0 spiro atoms. The van der Waals surface area contributed by atoms with E-state index in [1.165, 1.54) is 6.07 Å². The Balaban J connectivity index is 3.10. The van der Waals surface area contributed by atoms with Crippen LogP contribution >= 0.6 is 0 Å². The van der Waals surface area contributed by atoms with Gasteiger partial charge in [-0.3, -0.25) is 0 Å². The van der Waals surface area contributed by atoms with Crippen LogP contribution in [0.3, 0.4) is 0 Å². The fourth-order valence-electron chi connectivity index (χ4n) is 2.61. The van der Waals surface area contributed by atoms with E-state index in [2.05, 4.69) is 18.7 Å². The predicted molar refractivity (Wildman–Crippen MR) is 82.8 cm³/mol. The minimum Gasteiger partial charge on any atom is -0.383 e. The second-order valence-electron chi connectivity index (χ2n) is 4.97. The number of rotatable bonds is 9. The van der Waals surface area contributed by atoms with Crippen LogP contribution in [0.1, 0.15) is 32.3 Å². The van der Waals surface area contributed by atoms with E-state index in [-0.39, 0.29) is 5.82 Å². The van der Waals surface area contributed by atoms with Crippen molar-refractivity contribution < 1.29 is 9.13 Å². The van der Waals surface area contributed by atoms with E-state index in [1.807, 2.05) is 6.07 Å². The van der Waals surface area contributed by atoms with E-state index in [0.717, 1.165) is 30.6 Å². The molecule has 2 N–H and O–H groups in total. The Morgan fingerprint density at radius 1 is 1.30 bits per heavy atom. The largest absolute Gasteiger partial charge is 0.383 e. The predicted octanol–water partition coefficient (Wildman–Crippen LogP) is 2.97. The van der Waals surface area contributed by atoms with Crippen LogP contribution in [0.5, 0.6) is 0 Å². The quantitative estimate of drug-likeness (QED) is 0.757. The molecule has 0 saturated carbocycles. The zero-order valence-electron chi connectivity index (χ0n) is 12.9. The Kier molecular flexibility index (Phi) is 7.55. The van der Waals surface area contributed by atoms with Crippen molar-refractivity contribution in [1.29, 1.82) is 0 Å². The highest BCUT2D eigenvalue weighted by atomic mass is 19.1. The lowest BCUT2D eigenvalue weighted by atomic mass is 10.0. The zero-order valence-corrected chi connectivity index (χ0v) is 12.9. The molecule has 0 bridgehead atoms. The molecular formula is C16H27FN2O. The summed E-state index contributed by atoms with van der Waals surface area (Å²) in [4.78, 5) is 2.33. The van der Waals surface area contributed by atoms with Crippen LogP contribution in [-0.4, -0.2) is 32.8 Å². The van der Waals surface area contributed by atoms with Crippen molar-refractivity contribution >= 4 is 5.69 Å². The fourth-order valence-corrected chi connectivity index (χ4v) is 2.61. The second-order valence-corrected chi connectivity index (χ2v) is 4.97. The highest BCUT2D eigenvalue weighted by molar-refractivity contribution is 5.55. The first-order chi connectivity index (χ1) is 9.67. The van der Waals surface area contributed by atoms with Gasteiger partial charge in [0, 0.05) is 25.4 Å². The number of hydrogen-bond donors (Lipinski definition) is 1. The van der Waals surface area contributed by atoms with Gasteiger partial charge in [0.05, 0.1) is 6.61 Å². The molecule has 20 heavy (non-hydrogen) atoms. The maximum atomic E-state index is 13.5. The van der Waals surface area contributed by atoms with E-state index < -0.39 is 0 Å². The molecule has 0 heterocycles. The maximum Gasteiger partial charge on any atom is 0.123 e. The van der Waals surface area contributed by atoms with E-state index in [0.29, 0.717) is 25.6 Å². The van der Waals surface area contributed by atoms with Crippen molar-refractivity contribution in [3.63, 3.8) is 0 Å². The van der Waals surface area contributed by atoms with Crippen molar-refractivity contribution in [2.45, 2.75) is 39.2 Å². The summed E-state index contributed by atoms with van der Waals surface area (Å²) < 4.78 is 18.7. The van der Waals surface area contributed by atoms with Gasteiger partial charge in [0.2, 0.25) is 0 Å². The summed E-state index contributed by atoms with van der Waals surface area (Å²) in [5, 5.41) is 0. The summed E-state index contributed by atoms with van der Waals surface area (Å²) in [5.74, 6) is -0.201. The van der Waals surface area contributed by atoms with E-state index in [9.17, 15) is 4.39 Å². The van der Waals surface area contributed by atoms with Crippen LogP contribution in [-0.2, 0) is 11.2 Å². The lowest BCUT2D eigenvalue weighted by Crippen LogP contribution is -2.38. The van der Waals surface area contributed by atoms with Gasteiger partial charge in [-0.15, -0.1) is 0 Å². The van der Waals surface area contributed by atoms with Gasteiger partial charge in [-0.1, -0.05) is 13.8 Å². The Bertz CT molecular complexity index is 394. The first-order valence-corrected chi connectivity index (χ1v) is 7.41. The molecule has 0 radical (unpaired) electrons. The van der Waals surface area contributed by atoms with Crippen LogP contribution in [0.2, 0.25) is 0 Å². The number of nitrogens with two attached hydrogens (primary N) is 1. The number of nitrogens with zero attached hydrogens (tertiary/aromatic N) is 1. The van der Waals surface area contributed by atoms with Gasteiger partial charge < -0.3 is 15.4 Å². The summed E-state index contributed by atoms with van der Waals surface area (Å²) in [7, 11) is 1.70. The molecule has 0 unspecified atom stereocenters. The van der Waals surface area contributed by atoms with Gasteiger partial charge in [-0.25, -0.2) is 4.39 Å². The summed E-state index contributed by atoms with van der Waals surface area (Å²) in [6.07, 6.45) is 2.80. The third-order valence-corrected chi connectivity index (χ3v) is 3.68. The fraction of sp³-hybridized carbons (Fsp3) is 0.625. The van der Waals surface area contributed by atoms with Crippen LogP contribution < -0.4 is 10.6 Å². The molecule has 114 valence electrons.